The van der Waals surface area contributed by atoms with Gasteiger partial charge in [0.15, 0.2) is 5.82 Å². The van der Waals surface area contributed by atoms with Crippen molar-refractivity contribution in [1.82, 2.24) is 25.5 Å². The number of ether oxygens (including phenoxy) is 1. The lowest BCUT2D eigenvalue weighted by atomic mass is 9.86. The van der Waals surface area contributed by atoms with Crippen LogP contribution in [0.1, 0.15) is 44.5 Å². The monoisotopic (exact) mass is 329 g/mol. The molecule has 128 valence electrons. The second-order valence-electron chi connectivity index (χ2n) is 6.24. The Kier molecular flexibility index (Phi) is 5.20. The highest BCUT2D eigenvalue weighted by Crippen LogP contribution is 2.27. The average molecular weight is 329 g/mol. The number of methoxy groups -OCH3 is 1. The van der Waals surface area contributed by atoms with Crippen molar-refractivity contribution in [1.29, 1.82) is 0 Å². The van der Waals surface area contributed by atoms with Gasteiger partial charge in [-0.2, -0.15) is 4.68 Å². The topological polar surface area (TPSA) is 81.9 Å². The number of nitrogens with one attached hydrogen (secondary N) is 1. The molecule has 0 radical (unpaired) electrons. The molecule has 7 heteroatoms. The Morgan fingerprint density at radius 2 is 1.96 bits per heavy atom. The van der Waals surface area contributed by atoms with Gasteiger partial charge in [0, 0.05) is 6.04 Å². The van der Waals surface area contributed by atoms with Crippen molar-refractivity contribution in [3.05, 3.63) is 36.2 Å². The standard InChI is InChI=1S/C17H23N5O2/c1-12(18-14-10-8-13(9-11-14)17(23)24-2)16-19-20-21-22(16)15-6-4-3-5-7-15/h3-7,12-14,18H,8-11H2,1-2H3/t12-,13?,14?/m0/s1. The van der Waals surface area contributed by atoms with Gasteiger partial charge in [-0.15, -0.1) is 5.10 Å². The first-order chi connectivity index (χ1) is 11.7. The number of carbonyl (C=O) groups excluding carboxylic acids is 1. The van der Waals surface area contributed by atoms with E-state index in [2.05, 4.69) is 27.8 Å². The summed E-state index contributed by atoms with van der Waals surface area (Å²) in [6.45, 7) is 2.07. The summed E-state index contributed by atoms with van der Waals surface area (Å²) < 4.78 is 6.60. The molecule has 0 aliphatic heterocycles. The number of esters is 1. The van der Waals surface area contributed by atoms with Gasteiger partial charge in [0.2, 0.25) is 0 Å². The summed E-state index contributed by atoms with van der Waals surface area (Å²) in [5.74, 6) is 0.740. The highest BCUT2D eigenvalue weighted by atomic mass is 16.5. The second kappa shape index (κ2) is 7.53. The van der Waals surface area contributed by atoms with Crippen LogP contribution in [0.25, 0.3) is 5.69 Å². The molecule has 1 aromatic carbocycles. The van der Waals surface area contributed by atoms with Gasteiger partial charge in [-0.05, 0) is 55.2 Å². The van der Waals surface area contributed by atoms with Crippen molar-refractivity contribution in [3.63, 3.8) is 0 Å². The van der Waals surface area contributed by atoms with Gasteiger partial charge in [-0.1, -0.05) is 18.2 Å². The summed E-state index contributed by atoms with van der Waals surface area (Å²) in [6.07, 6.45) is 3.63. The molecular weight excluding hydrogens is 306 g/mol. The number of nitrogens with zero attached hydrogens (tertiary/aromatic N) is 4. The minimum Gasteiger partial charge on any atom is -0.469 e. The molecule has 1 saturated carbocycles. The Morgan fingerprint density at radius 3 is 2.62 bits per heavy atom. The number of para-hydroxylation sites is 1. The van der Waals surface area contributed by atoms with Crippen LogP contribution in [0.4, 0.5) is 0 Å². The summed E-state index contributed by atoms with van der Waals surface area (Å²) in [4.78, 5) is 11.6. The average Bonchev–Trinajstić information content (AvgIpc) is 3.12. The van der Waals surface area contributed by atoms with Crippen molar-refractivity contribution < 1.29 is 9.53 Å². The molecule has 1 N–H and O–H groups in total. The molecule has 0 bridgehead atoms. The maximum Gasteiger partial charge on any atom is 0.308 e. The highest BCUT2D eigenvalue weighted by molar-refractivity contribution is 5.72. The molecule has 3 rings (SSSR count). The molecule has 0 amide bonds. The van der Waals surface area contributed by atoms with E-state index in [9.17, 15) is 4.79 Å². The van der Waals surface area contributed by atoms with Crippen LogP contribution in [0.2, 0.25) is 0 Å². The lowest BCUT2D eigenvalue weighted by molar-refractivity contribution is -0.146. The smallest absolute Gasteiger partial charge is 0.308 e. The molecule has 1 atom stereocenters. The summed E-state index contributed by atoms with van der Waals surface area (Å²) >= 11 is 0. The Morgan fingerprint density at radius 1 is 1.25 bits per heavy atom. The molecular formula is C17H23N5O2. The molecule has 1 heterocycles. The van der Waals surface area contributed by atoms with E-state index in [0.717, 1.165) is 37.2 Å². The second-order valence-corrected chi connectivity index (χ2v) is 6.24. The fourth-order valence-electron chi connectivity index (χ4n) is 3.31. The lowest BCUT2D eigenvalue weighted by Crippen LogP contribution is -2.37. The summed E-state index contributed by atoms with van der Waals surface area (Å²) in [6, 6.07) is 10.2. The Labute approximate surface area is 141 Å². The van der Waals surface area contributed by atoms with E-state index in [-0.39, 0.29) is 17.9 Å². The van der Waals surface area contributed by atoms with Crippen LogP contribution in [0, 0.1) is 5.92 Å². The third-order valence-corrected chi connectivity index (χ3v) is 4.63. The van der Waals surface area contributed by atoms with Crippen LogP contribution in [0.5, 0.6) is 0 Å². The van der Waals surface area contributed by atoms with Gasteiger partial charge in [0.1, 0.15) is 0 Å². The first-order valence-electron chi connectivity index (χ1n) is 8.36. The fourth-order valence-corrected chi connectivity index (χ4v) is 3.31. The van der Waals surface area contributed by atoms with Gasteiger partial charge in [0.25, 0.3) is 0 Å². The van der Waals surface area contributed by atoms with Crippen LogP contribution in [-0.2, 0) is 9.53 Å². The molecule has 2 aromatic rings. The highest BCUT2D eigenvalue weighted by Gasteiger charge is 2.28. The first kappa shape index (κ1) is 16.6. The summed E-state index contributed by atoms with van der Waals surface area (Å²) in [5.41, 5.74) is 0.945. The Hall–Kier alpha value is -2.28. The van der Waals surface area contributed by atoms with Crippen molar-refractivity contribution in [2.24, 2.45) is 5.92 Å². The zero-order chi connectivity index (χ0) is 16.9. The largest absolute Gasteiger partial charge is 0.469 e. The molecule has 1 aromatic heterocycles. The van der Waals surface area contributed by atoms with Crippen LogP contribution in [-0.4, -0.2) is 39.3 Å². The van der Waals surface area contributed by atoms with E-state index < -0.39 is 0 Å². The summed E-state index contributed by atoms with van der Waals surface area (Å²) in [7, 11) is 1.46. The molecule has 0 unspecified atom stereocenters. The van der Waals surface area contributed by atoms with E-state index in [1.165, 1.54) is 7.11 Å². The van der Waals surface area contributed by atoms with E-state index in [1.54, 1.807) is 4.68 Å². The number of aromatic nitrogens is 4. The Balaban J connectivity index is 1.62. The van der Waals surface area contributed by atoms with Crippen LogP contribution in [0.3, 0.4) is 0 Å². The molecule has 1 fully saturated rings. The molecule has 0 saturated heterocycles. The lowest BCUT2D eigenvalue weighted by Gasteiger charge is -2.29. The van der Waals surface area contributed by atoms with Gasteiger partial charge in [-0.3, -0.25) is 4.79 Å². The van der Waals surface area contributed by atoms with Crippen LogP contribution >= 0.6 is 0 Å². The van der Waals surface area contributed by atoms with Gasteiger partial charge in [0.05, 0.1) is 24.8 Å². The van der Waals surface area contributed by atoms with Crippen LogP contribution in [0.15, 0.2) is 30.3 Å². The molecule has 1 aliphatic carbocycles. The SMILES string of the molecule is COC(=O)C1CCC(N[C@@H](C)c2nnnn2-c2ccccc2)CC1. The first-order valence-corrected chi connectivity index (χ1v) is 8.36. The van der Waals surface area contributed by atoms with E-state index in [1.807, 2.05) is 30.3 Å². The fraction of sp³-hybridized carbons (Fsp3) is 0.529. The molecule has 7 nitrogen and oxygen atoms in total. The number of benzene rings is 1. The maximum absolute atomic E-state index is 11.6. The number of carbonyl (C=O) groups is 1. The Bertz CT molecular complexity index is 665. The predicted octanol–water partition coefficient (Wildman–Crippen LogP) is 2.04. The predicted molar refractivity (Wildman–Crippen MR) is 88.5 cm³/mol. The van der Waals surface area contributed by atoms with E-state index >= 15 is 0 Å². The van der Waals surface area contributed by atoms with E-state index in [4.69, 9.17) is 4.74 Å². The molecule has 0 spiro atoms. The zero-order valence-corrected chi connectivity index (χ0v) is 14.1. The van der Waals surface area contributed by atoms with Crippen molar-refractivity contribution in [3.8, 4) is 5.69 Å². The number of rotatable bonds is 5. The minimum atomic E-state index is -0.0884. The maximum atomic E-state index is 11.6. The molecule has 1 aliphatic rings. The molecule has 24 heavy (non-hydrogen) atoms. The van der Waals surface area contributed by atoms with Gasteiger partial charge < -0.3 is 10.1 Å². The van der Waals surface area contributed by atoms with Crippen LogP contribution < -0.4 is 5.32 Å². The van der Waals surface area contributed by atoms with Gasteiger partial charge in [-0.25, -0.2) is 0 Å². The van der Waals surface area contributed by atoms with Crippen molar-refractivity contribution >= 4 is 5.97 Å². The third-order valence-electron chi connectivity index (χ3n) is 4.63. The third kappa shape index (κ3) is 3.62. The minimum absolute atomic E-state index is 0.0277. The number of tetrazole rings is 1. The quantitative estimate of drug-likeness (QED) is 0.846. The van der Waals surface area contributed by atoms with Crippen molar-refractivity contribution in [2.75, 3.05) is 7.11 Å². The number of hydrogen-bond donors (Lipinski definition) is 1. The zero-order valence-electron chi connectivity index (χ0n) is 14.1. The normalized spacial score (nSPS) is 22.1. The van der Waals surface area contributed by atoms with Gasteiger partial charge >= 0.3 is 5.97 Å². The number of hydrogen-bond acceptors (Lipinski definition) is 6. The summed E-state index contributed by atoms with van der Waals surface area (Å²) in [5, 5.41) is 15.7. The van der Waals surface area contributed by atoms with Crippen molar-refractivity contribution in [2.45, 2.75) is 44.7 Å². The van der Waals surface area contributed by atoms with E-state index in [0.29, 0.717) is 6.04 Å².